The number of hydrogen-bond acceptors (Lipinski definition) is 4. The van der Waals surface area contributed by atoms with Gasteiger partial charge in [0.1, 0.15) is 11.5 Å². The van der Waals surface area contributed by atoms with E-state index in [2.05, 4.69) is 10.9 Å². The van der Waals surface area contributed by atoms with Gasteiger partial charge in [0.15, 0.2) is 6.10 Å². The van der Waals surface area contributed by atoms with Crippen molar-refractivity contribution >= 4 is 28.7 Å². The van der Waals surface area contributed by atoms with Crippen molar-refractivity contribution in [1.82, 2.24) is 10.9 Å². The van der Waals surface area contributed by atoms with Crippen molar-refractivity contribution in [2.45, 2.75) is 13.0 Å². The van der Waals surface area contributed by atoms with Gasteiger partial charge in [0, 0.05) is 11.6 Å². The van der Waals surface area contributed by atoms with Crippen LogP contribution in [-0.2, 0) is 9.59 Å². The zero-order chi connectivity index (χ0) is 20.6. The first-order valence-electron chi connectivity index (χ1n) is 9.13. The number of benzene rings is 3. The molecule has 2 amide bonds. The summed E-state index contributed by atoms with van der Waals surface area (Å²) in [7, 11) is 1.56. The lowest BCUT2D eigenvalue weighted by Crippen LogP contribution is -2.46. The SMILES string of the molecule is COc1ccccc1/C=C/C(=O)NNC(=O)[C@H](C)Oc1ccc2ccccc2c1. The van der Waals surface area contributed by atoms with Gasteiger partial charge in [-0.1, -0.05) is 48.5 Å². The predicted molar refractivity (Wildman–Crippen MR) is 112 cm³/mol. The third-order valence-corrected chi connectivity index (χ3v) is 4.27. The van der Waals surface area contributed by atoms with Crippen LogP contribution in [0.1, 0.15) is 12.5 Å². The molecule has 0 spiro atoms. The number of carbonyl (C=O) groups is 2. The first-order chi connectivity index (χ1) is 14.1. The molecule has 6 heteroatoms. The van der Waals surface area contributed by atoms with E-state index in [0.29, 0.717) is 11.5 Å². The average molecular weight is 390 g/mol. The van der Waals surface area contributed by atoms with Gasteiger partial charge in [-0.05, 0) is 42.0 Å². The predicted octanol–water partition coefficient (Wildman–Crippen LogP) is 3.48. The normalized spacial score (nSPS) is 11.8. The average Bonchev–Trinajstić information content (AvgIpc) is 2.76. The van der Waals surface area contributed by atoms with Crippen molar-refractivity contribution < 1.29 is 19.1 Å². The summed E-state index contributed by atoms with van der Waals surface area (Å²) in [4.78, 5) is 24.1. The molecule has 1 atom stereocenters. The molecule has 0 heterocycles. The molecule has 0 saturated carbocycles. The molecule has 0 saturated heterocycles. The second-order valence-electron chi connectivity index (χ2n) is 6.32. The van der Waals surface area contributed by atoms with Crippen molar-refractivity contribution in [3.63, 3.8) is 0 Å². The lowest BCUT2D eigenvalue weighted by atomic mass is 10.1. The number of fused-ring (bicyclic) bond motifs is 1. The third kappa shape index (κ3) is 5.35. The van der Waals surface area contributed by atoms with Gasteiger partial charge in [-0.15, -0.1) is 0 Å². The number of hydrazine groups is 1. The Kier molecular flexibility index (Phi) is 6.47. The summed E-state index contributed by atoms with van der Waals surface area (Å²) in [6, 6.07) is 20.8. The highest BCUT2D eigenvalue weighted by atomic mass is 16.5. The Labute approximate surface area is 169 Å². The molecule has 0 bridgehead atoms. The summed E-state index contributed by atoms with van der Waals surface area (Å²) in [5.74, 6) is 0.297. The summed E-state index contributed by atoms with van der Waals surface area (Å²) in [6.07, 6.45) is 2.14. The number of para-hydroxylation sites is 1. The standard InChI is InChI=1S/C23H22N2O4/c1-16(29-20-13-11-17-7-3-4-9-19(17)15-20)23(27)25-24-22(26)14-12-18-8-5-6-10-21(18)28-2/h3-16H,1-2H3,(H,24,26)(H,25,27)/b14-12+/t16-/m0/s1. The van der Waals surface area contributed by atoms with Crippen LogP contribution in [0.5, 0.6) is 11.5 Å². The van der Waals surface area contributed by atoms with E-state index in [4.69, 9.17) is 9.47 Å². The lowest BCUT2D eigenvalue weighted by Gasteiger charge is -2.15. The van der Waals surface area contributed by atoms with Crippen molar-refractivity contribution in [3.05, 3.63) is 78.4 Å². The summed E-state index contributed by atoms with van der Waals surface area (Å²) in [5.41, 5.74) is 5.45. The second kappa shape index (κ2) is 9.41. The summed E-state index contributed by atoms with van der Waals surface area (Å²) in [5, 5.41) is 2.11. The zero-order valence-corrected chi connectivity index (χ0v) is 16.2. The van der Waals surface area contributed by atoms with Crippen molar-refractivity contribution in [1.29, 1.82) is 0 Å². The maximum Gasteiger partial charge on any atom is 0.279 e. The number of methoxy groups -OCH3 is 1. The van der Waals surface area contributed by atoms with Crippen LogP contribution in [0.4, 0.5) is 0 Å². The first kappa shape index (κ1) is 19.9. The fraction of sp³-hybridized carbons (Fsp3) is 0.130. The maximum absolute atomic E-state index is 12.2. The van der Waals surface area contributed by atoms with Gasteiger partial charge < -0.3 is 9.47 Å². The lowest BCUT2D eigenvalue weighted by molar-refractivity contribution is -0.131. The van der Waals surface area contributed by atoms with Crippen LogP contribution in [0, 0.1) is 0 Å². The van der Waals surface area contributed by atoms with Gasteiger partial charge in [0.25, 0.3) is 11.8 Å². The highest BCUT2D eigenvalue weighted by Crippen LogP contribution is 2.21. The largest absolute Gasteiger partial charge is 0.496 e. The van der Waals surface area contributed by atoms with E-state index in [1.165, 1.54) is 6.08 Å². The van der Waals surface area contributed by atoms with Crippen LogP contribution in [0.15, 0.2) is 72.8 Å². The minimum absolute atomic E-state index is 0.461. The fourth-order valence-electron chi connectivity index (χ4n) is 2.73. The monoisotopic (exact) mass is 390 g/mol. The second-order valence-corrected chi connectivity index (χ2v) is 6.32. The van der Waals surface area contributed by atoms with E-state index in [9.17, 15) is 9.59 Å². The van der Waals surface area contributed by atoms with Crippen molar-refractivity contribution in [2.75, 3.05) is 7.11 Å². The molecule has 2 N–H and O–H groups in total. The molecular formula is C23H22N2O4. The molecule has 148 valence electrons. The Morgan fingerprint density at radius 2 is 1.66 bits per heavy atom. The zero-order valence-electron chi connectivity index (χ0n) is 16.2. The maximum atomic E-state index is 12.2. The van der Waals surface area contributed by atoms with Gasteiger partial charge >= 0.3 is 0 Å². The molecule has 6 nitrogen and oxygen atoms in total. The number of carbonyl (C=O) groups excluding carboxylic acids is 2. The topological polar surface area (TPSA) is 76.7 Å². The number of nitrogens with one attached hydrogen (secondary N) is 2. The van der Waals surface area contributed by atoms with Gasteiger partial charge in [-0.2, -0.15) is 0 Å². The molecule has 3 rings (SSSR count). The molecule has 3 aromatic carbocycles. The van der Waals surface area contributed by atoms with Gasteiger partial charge in [-0.3, -0.25) is 20.4 Å². The van der Waals surface area contributed by atoms with Crippen LogP contribution in [-0.4, -0.2) is 25.0 Å². The number of amides is 2. The van der Waals surface area contributed by atoms with E-state index in [0.717, 1.165) is 16.3 Å². The number of hydrogen-bond donors (Lipinski definition) is 2. The van der Waals surface area contributed by atoms with E-state index in [1.807, 2.05) is 54.6 Å². The summed E-state index contributed by atoms with van der Waals surface area (Å²) in [6.45, 7) is 1.61. The molecule has 29 heavy (non-hydrogen) atoms. The van der Waals surface area contributed by atoms with Gasteiger partial charge in [-0.25, -0.2) is 0 Å². The Balaban J connectivity index is 1.52. The Morgan fingerprint density at radius 3 is 2.45 bits per heavy atom. The van der Waals surface area contributed by atoms with Crippen LogP contribution in [0.3, 0.4) is 0 Å². The minimum atomic E-state index is -0.783. The van der Waals surface area contributed by atoms with E-state index in [1.54, 1.807) is 32.2 Å². The summed E-state index contributed by atoms with van der Waals surface area (Å²) < 4.78 is 10.9. The minimum Gasteiger partial charge on any atom is -0.496 e. The highest BCUT2D eigenvalue weighted by Gasteiger charge is 2.15. The first-order valence-corrected chi connectivity index (χ1v) is 9.13. The van der Waals surface area contributed by atoms with Crippen LogP contribution in [0.2, 0.25) is 0 Å². The molecule has 0 aliphatic carbocycles. The molecule has 0 aromatic heterocycles. The Bertz CT molecular complexity index is 1050. The number of ether oxygens (including phenoxy) is 2. The molecular weight excluding hydrogens is 368 g/mol. The Morgan fingerprint density at radius 1 is 0.931 bits per heavy atom. The number of rotatable bonds is 6. The van der Waals surface area contributed by atoms with Crippen LogP contribution >= 0.6 is 0 Å². The molecule has 0 radical (unpaired) electrons. The van der Waals surface area contributed by atoms with E-state index < -0.39 is 17.9 Å². The van der Waals surface area contributed by atoms with E-state index in [-0.39, 0.29) is 0 Å². The van der Waals surface area contributed by atoms with Gasteiger partial charge in [0.2, 0.25) is 0 Å². The molecule has 0 aliphatic heterocycles. The summed E-state index contributed by atoms with van der Waals surface area (Å²) >= 11 is 0. The quantitative estimate of drug-likeness (QED) is 0.499. The van der Waals surface area contributed by atoms with Crippen molar-refractivity contribution in [3.8, 4) is 11.5 Å². The van der Waals surface area contributed by atoms with Crippen molar-refractivity contribution in [2.24, 2.45) is 0 Å². The molecule has 3 aromatic rings. The third-order valence-electron chi connectivity index (χ3n) is 4.27. The van der Waals surface area contributed by atoms with Gasteiger partial charge in [0.05, 0.1) is 7.11 Å². The smallest absolute Gasteiger partial charge is 0.279 e. The molecule has 0 aliphatic rings. The molecule has 0 fully saturated rings. The molecule has 0 unspecified atom stereocenters. The van der Waals surface area contributed by atoms with Crippen LogP contribution < -0.4 is 20.3 Å². The highest BCUT2D eigenvalue weighted by molar-refractivity contribution is 5.94. The van der Waals surface area contributed by atoms with Crippen LogP contribution in [0.25, 0.3) is 16.8 Å². The fourth-order valence-corrected chi connectivity index (χ4v) is 2.73. The Hall–Kier alpha value is -3.80. The van der Waals surface area contributed by atoms with E-state index >= 15 is 0 Å².